The van der Waals surface area contributed by atoms with Crippen LogP contribution in [0.25, 0.3) is 0 Å². The van der Waals surface area contributed by atoms with Crippen LogP contribution >= 0.6 is 0 Å². The van der Waals surface area contributed by atoms with Crippen molar-refractivity contribution in [1.82, 2.24) is 4.98 Å². The minimum atomic E-state index is -0.0644. The van der Waals surface area contributed by atoms with Gasteiger partial charge in [-0.15, -0.1) is 0 Å². The number of nitrogens with two attached hydrogens (primary N) is 1. The minimum absolute atomic E-state index is 0.0623. The third-order valence-corrected chi connectivity index (χ3v) is 3.94. The van der Waals surface area contributed by atoms with Crippen molar-refractivity contribution in [2.75, 3.05) is 24.3 Å². The number of rotatable bonds is 1. The number of nitrogen functional groups attached to an aromatic ring is 1. The maximum Gasteiger partial charge on any atom is 0.226 e. The maximum atomic E-state index is 12.0. The molecule has 0 fully saturated rings. The van der Waals surface area contributed by atoms with Crippen LogP contribution in [-0.4, -0.2) is 24.1 Å². The lowest BCUT2D eigenvalue weighted by atomic mass is 9.86. The van der Waals surface area contributed by atoms with Crippen molar-refractivity contribution in [3.63, 3.8) is 0 Å². The summed E-state index contributed by atoms with van der Waals surface area (Å²) in [4.78, 5) is 16.2. The van der Waals surface area contributed by atoms with E-state index in [-0.39, 0.29) is 11.8 Å². The van der Waals surface area contributed by atoms with E-state index in [1.54, 1.807) is 6.07 Å². The Kier molecular flexibility index (Phi) is 2.89. The third-order valence-electron chi connectivity index (χ3n) is 3.94. The molecule has 4 rings (SSSR count). The molecule has 22 heavy (non-hydrogen) atoms. The predicted octanol–water partition coefficient (Wildman–Crippen LogP) is 1.91. The fourth-order valence-electron chi connectivity index (χ4n) is 2.92. The zero-order valence-electron chi connectivity index (χ0n) is 11.8. The average Bonchev–Trinajstić information content (AvgIpc) is 2.53. The Hall–Kier alpha value is -2.76. The molecule has 1 amide bonds. The maximum absolute atomic E-state index is 12.0. The van der Waals surface area contributed by atoms with E-state index < -0.39 is 0 Å². The van der Waals surface area contributed by atoms with Crippen LogP contribution in [0.3, 0.4) is 0 Å². The number of anilines is 2. The van der Waals surface area contributed by atoms with Gasteiger partial charge in [0.05, 0.1) is 0 Å². The topological polar surface area (TPSA) is 86.5 Å². The number of nitrogens with one attached hydrogen (secondary N) is 1. The van der Waals surface area contributed by atoms with Gasteiger partial charge >= 0.3 is 0 Å². The second kappa shape index (κ2) is 4.91. The van der Waals surface area contributed by atoms with E-state index in [2.05, 4.69) is 10.3 Å². The molecule has 2 aliphatic heterocycles. The second-order valence-corrected chi connectivity index (χ2v) is 5.38. The number of carbonyl (C=O) groups is 1. The first-order chi connectivity index (χ1) is 10.7. The molecule has 1 atom stereocenters. The Labute approximate surface area is 127 Å². The number of benzene rings is 1. The molecule has 0 saturated heterocycles. The molecule has 6 heteroatoms. The molecule has 0 saturated carbocycles. The highest BCUT2D eigenvalue weighted by Crippen LogP contribution is 2.40. The van der Waals surface area contributed by atoms with Gasteiger partial charge in [-0.3, -0.25) is 4.79 Å². The highest BCUT2D eigenvalue weighted by molar-refractivity contribution is 5.94. The lowest BCUT2D eigenvalue weighted by Crippen LogP contribution is -2.25. The summed E-state index contributed by atoms with van der Waals surface area (Å²) in [5.41, 5.74) is 7.67. The lowest BCUT2D eigenvalue weighted by Gasteiger charge is -2.26. The summed E-state index contributed by atoms with van der Waals surface area (Å²) < 4.78 is 11.2. The van der Waals surface area contributed by atoms with E-state index in [4.69, 9.17) is 15.2 Å². The van der Waals surface area contributed by atoms with E-state index in [1.807, 2.05) is 24.3 Å². The Morgan fingerprint density at radius 1 is 1.14 bits per heavy atom. The highest BCUT2D eigenvalue weighted by Gasteiger charge is 2.28. The molecule has 0 spiro atoms. The first-order valence-corrected chi connectivity index (χ1v) is 7.16. The van der Waals surface area contributed by atoms with Crippen LogP contribution in [0.5, 0.6) is 11.5 Å². The summed E-state index contributed by atoms with van der Waals surface area (Å²) in [6.07, 6.45) is 0.373. The molecule has 0 bridgehead atoms. The largest absolute Gasteiger partial charge is 0.486 e. The van der Waals surface area contributed by atoms with Crippen LogP contribution in [0.1, 0.15) is 23.5 Å². The van der Waals surface area contributed by atoms with Crippen molar-refractivity contribution in [3.8, 4) is 11.5 Å². The van der Waals surface area contributed by atoms with E-state index in [0.717, 1.165) is 22.6 Å². The SMILES string of the molecule is Nc1ccc2c(n1)NC(=O)CC2c1ccc2c(c1)OCCO2. The number of carbonyl (C=O) groups excluding carboxylic acids is 1. The van der Waals surface area contributed by atoms with Gasteiger partial charge in [0.2, 0.25) is 5.91 Å². The number of hydrogen-bond acceptors (Lipinski definition) is 5. The fourth-order valence-corrected chi connectivity index (χ4v) is 2.92. The van der Waals surface area contributed by atoms with Crippen LogP contribution in [0, 0.1) is 0 Å². The minimum Gasteiger partial charge on any atom is -0.486 e. The number of amides is 1. The molecule has 1 unspecified atom stereocenters. The van der Waals surface area contributed by atoms with Crippen LogP contribution in [0.2, 0.25) is 0 Å². The van der Waals surface area contributed by atoms with Gasteiger partial charge < -0.3 is 20.5 Å². The second-order valence-electron chi connectivity index (χ2n) is 5.38. The molecule has 0 radical (unpaired) electrons. The van der Waals surface area contributed by atoms with Crippen LogP contribution < -0.4 is 20.5 Å². The van der Waals surface area contributed by atoms with Crippen molar-refractivity contribution in [2.45, 2.75) is 12.3 Å². The van der Waals surface area contributed by atoms with Crippen molar-refractivity contribution in [2.24, 2.45) is 0 Å². The van der Waals surface area contributed by atoms with Gasteiger partial charge in [-0.1, -0.05) is 12.1 Å². The van der Waals surface area contributed by atoms with Gasteiger partial charge in [0, 0.05) is 17.9 Å². The summed E-state index contributed by atoms with van der Waals surface area (Å²) in [5, 5.41) is 2.78. The zero-order chi connectivity index (χ0) is 15.1. The van der Waals surface area contributed by atoms with Crippen molar-refractivity contribution < 1.29 is 14.3 Å². The van der Waals surface area contributed by atoms with Gasteiger partial charge in [-0.05, 0) is 23.8 Å². The van der Waals surface area contributed by atoms with Crippen molar-refractivity contribution >= 4 is 17.5 Å². The highest BCUT2D eigenvalue weighted by atomic mass is 16.6. The molecule has 1 aromatic heterocycles. The Bertz CT molecular complexity index is 760. The summed E-state index contributed by atoms with van der Waals surface area (Å²) in [7, 11) is 0. The van der Waals surface area contributed by atoms with E-state index in [1.165, 1.54) is 0 Å². The van der Waals surface area contributed by atoms with E-state index in [0.29, 0.717) is 31.3 Å². The van der Waals surface area contributed by atoms with Gasteiger partial charge in [0.25, 0.3) is 0 Å². The molecule has 112 valence electrons. The third kappa shape index (κ3) is 2.13. The van der Waals surface area contributed by atoms with Crippen molar-refractivity contribution in [3.05, 3.63) is 41.5 Å². The Balaban J connectivity index is 1.78. The summed E-state index contributed by atoms with van der Waals surface area (Å²) in [6.45, 7) is 1.10. The first-order valence-electron chi connectivity index (χ1n) is 7.16. The van der Waals surface area contributed by atoms with E-state index >= 15 is 0 Å². The molecule has 3 N–H and O–H groups in total. The van der Waals surface area contributed by atoms with Gasteiger partial charge in [-0.2, -0.15) is 0 Å². The Morgan fingerprint density at radius 3 is 2.82 bits per heavy atom. The van der Waals surface area contributed by atoms with Gasteiger partial charge in [-0.25, -0.2) is 4.98 Å². The molecule has 1 aromatic carbocycles. The molecule has 0 aliphatic carbocycles. The fraction of sp³-hybridized carbons (Fsp3) is 0.250. The number of ether oxygens (including phenoxy) is 2. The van der Waals surface area contributed by atoms with E-state index in [9.17, 15) is 4.79 Å². The monoisotopic (exact) mass is 297 g/mol. The van der Waals surface area contributed by atoms with Crippen LogP contribution in [-0.2, 0) is 4.79 Å². The number of fused-ring (bicyclic) bond motifs is 2. The summed E-state index contributed by atoms with van der Waals surface area (Å²) in [5.74, 6) is 2.27. The van der Waals surface area contributed by atoms with Crippen LogP contribution in [0.4, 0.5) is 11.6 Å². The van der Waals surface area contributed by atoms with Crippen LogP contribution in [0.15, 0.2) is 30.3 Å². The number of nitrogens with zero attached hydrogens (tertiary/aromatic N) is 1. The van der Waals surface area contributed by atoms with Gasteiger partial charge in [0.15, 0.2) is 11.5 Å². The molecular formula is C16H15N3O3. The molecular weight excluding hydrogens is 282 g/mol. The number of pyridine rings is 1. The lowest BCUT2D eigenvalue weighted by molar-refractivity contribution is -0.116. The average molecular weight is 297 g/mol. The zero-order valence-corrected chi connectivity index (χ0v) is 11.8. The molecule has 3 heterocycles. The number of aromatic nitrogens is 1. The standard InChI is InChI=1S/C16H15N3O3/c17-14-4-2-10-11(8-15(20)19-16(10)18-14)9-1-3-12-13(7-9)22-6-5-21-12/h1-4,7,11H,5-6,8H2,(H3,17,18,19,20). The molecule has 2 aliphatic rings. The van der Waals surface area contributed by atoms with Gasteiger partial charge in [0.1, 0.15) is 24.8 Å². The molecule has 6 nitrogen and oxygen atoms in total. The first kappa shape index (κ1) is 12.9. The quantitative estimate of drug-likeness (QED) is 0.839. The normalized spacial score (nSPS) is 19.3. The smallest absolute Gasteiger partial charge is 0.226 e. The predicted molar refractivity (Wildman–Crippen MR) is 81.2 cm³/mol. The van der Waals surface area contributed by atoms with Crippen molar-refractivity contribution in [1.29, 1.82) is 0 Å². The Morgan fingerprint density at radius 2 is 1.95 bits per heavy atom. The molecule has 2 aromatic rings. The number of hydrogen-bond donors (Lipinski definition) is 2. The summed E-state index contributed by atoms with van der Waals surface area (Å²) >= 11 is 0. The summed E-state index contributed by atoms with van der Waals surface area (Å²) in [6, 6.07) is 9.47.